The quantitative estimate of drug-likeness (QED) is 0.855. The van der Waals surface area contributed by atoms with Gasteiger partial charge in [-0.15, -0.1) is 0 Å². The molecule has 2 nitrogen and oxygen atoms in total. The molecule has 3 heteroatoms. The Bertz CT molecular complexity index is 503. The van der Waals surface area contributed by atoms with Crippen LogP contribution in [0.5, 0.6) is 0 Å². The van der Waals surface area contributed by atoms with Crippen molar-refractivity contribution < 1.29 is 4.79 Å². The zero-order chi connectivity index (χ0) is 11.5. The maximum Gasteiger partial charge on any atom is 0.209 e. The van der Waals surface area contributed by atoms with Crippen LogP contribution >= 0.6 is 15.9 Å². The number of ketones is 1. The molecule has 0 aliphatic heterocycles. The number of aromatic nitrogens is 1. The van der Waals surface area contributed by atoms with E-state index in [2.05, 4.69) is 20.9 Å². The molecule has 0 fully saturated rings. The van der Waals surface area contributed by atoms with Gasteiger partial charge in [-0.1, -0.05) is 22.9 Å². The molecule has 2 rings (SSSR count). The first-order valence-corrected chi connectivity index (χ1v) is 5.98. The Hall–Kier alpha value is -1.35. The zero-order valence-corrected chi connectivity index (χ0v) is 10.5. The molecule has 0 atom stereocenters. The smallest absolute Gasteiger partial charge is 0.209 e. The van der Waals surface area contributed by atoms with Crippen LogP contribution in [0.3, 0.4) is 0 Å². The summed E-state index contributed by atoms with van der Waals surface area (Å²) in [5.41, 5.74) is 2.47. The highest BCUT2D eigenvalue weighted by Gasteiger charge is 2.13. The molecule has 82 valence electrons. The van der Waals surface area contributed by atoms with E-state index in [0.717, 1.165) is 22.0 Å². The Labute approximate surface area is 103 Å². The molecule has 0 spiro atoms. The fourth-order valence-corrected chi connectivity index (χ4v) is 2.10. The Morgan fingerprint density at radius 1 is 1.38 bits per heavy atom. The third-order valence-electron chi connectivity index (χ3n) is 2.54. The maximum absolute atomic E-state index is 12.2. The van der Waals surface area contributed by atoms with E-state index in [4.69, 9.17) is 0 Å². The van der Waals surface area contributed by atoms with Crippen LogP contribution in [-0.4, -0.2) is 10.8 Å². The molecule has 1 aromatic carbocycles. The third-order valence-corrected chi connectivity index (χ3v) is 3.03. The monoisotopic (exact) mass is 277 g/mol. The van der Waals surface area contributed by atoms with Gasteiger partial charge < -0.3 is 4.98 Å². The van der Waals surface area contributed by atoms with Gasteiger partial charge in [-0.25, -0.2) is 0 Å². The number of carbonyl (C=O) groups excluding carboxylic acids is 1. The van der Waals surface area contributed by atoms with E-state index in [1.807, 2.05) is 31.2 Å². The number of rotatable bonds is 3. The van der Waals surface area contributed by atoms with Gasteiger partial charge in [0.25, 0.3) is 0 Å². The molecule has 0 saturated carbocycles. The van der Waals surface area contributed by atoms with E-state index in [9.17, 15) is 4.79 Å². The molecule has 0 bridgehead atoms. The number of hydrogen-bond acceptors (Lipinski definition) is 1. The predicted molar refractivity (Wildman–Crippen MR) is 67.7 cm³/mol. The van der Waals surface area contributed by atoms with Crippen molar-refractivity contribution in [3.05, 3.63) is 57.8 Å². The first-order chi connectivity index (χ1) is 7.72. The lowest BCUT2D eigenvalue weighted by Gasteiger charge is -2.06. The highest BCUT2D eigenvalue weighted by molar-refractivity contribution is 9.10. The third kappa shape index (κ3) is 2.09. The van der Waals surface area contributed by atoms with Gasteiger partial charge in [0.05, 0.1) is 5.69 Å². The molecule has 2 aromatic rings. The van der Waals surface area contributed by atoms with Crippen molar-refractivity contribution in [3.8, 4) is 0 Å². The fraction of sp³-hybridized carbons (Fsp3) is 0.154. The Balaban J connectivity index is 2.44. The summed E-state index contributed by atoms with van der Waals surface area (Å²) in [4.78, 5) is 15.1. The molecule has 0 amide bonds. The van der Waals surface area contributed by atoms with E-state index < -0.39 is 0 Å². The number of benzene rings is 1. The Morgan fingerprint density at radius 2 is 2.19 bits per heavy atom. The van der Waals surface area contributed by atoms with Gasteiger partial charge in [0, 0.05) is 16.2 Å². The minimum Gasteiger partial charge on any atom is -0.359 e. The van der Waals surface area contributed by atoms with Crippen molar-refractivity contribution in [3.63, 3.8) is 0 Å². The summed E-state index contributed by atoms with van der Waals surface area (Å²) in [6, 6.07) is 9.39. The van der Waals surface area contributed by atoms with Crippen molar-refractivity contribution in [2.24, 2.45) is 0 Å². The number of halogens is 1. The van der Waals surface area contributed by atoms with Crippen LogP contribution in [-0.2, 0) is 6.42 Å². The van der Waals surface area contributed by atoms with Crippen molar-refractivity contribution >= 4 is 21.7 Å². The second kappa shape index (κ2) is 4.66. The summed E-state index contributed by atoms with van der Waals surface area (Å²) in [7, 11) is 0. The van der Waals surface area contributed by atoms with E-state index in [1.165, 1.54) is 0 Å². The molecule has 0 radical (unpaired) electrons. The van der Waals surface area contributed by atoms with Crippen LogP contribution < -0.4 is 0 Å². The average molecular weight is 278 g/mol. The lowest BCUT2D eigenvalue weighted by Crippen LogP contribution is -2.05. The molecule has 0 unspecified atom stereocenters. The topological polar surface area (TPSA) is 32.9 Å². The summed E-state index contributed by atoms with van der Waals surface area (Å²) in [6.45, 7) is 2.05. The van der Waals surface area contributed by atoms with Gasteiger partial charge >= 0.3 is 0 Å². The molecule has 16 heavy (non-hydrogen) atoms. The zero-order valence-electron chi connectivity index (χ0n) is 8.96. The van der Waals surface area contributed by atoms with Crippen molar-refractivity contribution in [2.45, 2.75) is 13.3 Å². The van der Waals surface area contributed by atoms with Gasteiger partial charge in [0.1, 0.15) is 0 Å². The molecule has 1 aromatic heterocycles. The van der Waals surface area contributed by atoms with Crippen molar-refractivity contribution in [1.29, 1.82) is 0 Å². The average Bonchev–Trinajstić information content (AvgIpc) is 2.81. The van der Waals surface area contributed by atoms with Crippen molar-refractivity contribution in [1.82, 2.24) is 4.98 Å². The lowest BCUT2D eigenvalue weighted by atomic mass is 10.00. The Kier molecular flexibility index (Phi) is 3.25. The molecule has 0 aliphatic rings. The maximum atomic E-state index is 12.2. The van der Waals surface area contributed by atoms with Crippen LogP contribution in [0, 0.1) is 0 Å². The fourth-order valence-electron chi connectivity index (χ4n) is 1.69. The number of H-pyrrole nitrogens is 1. The second-order valence-electron chi connectivity index (χ2n) is 3.57. The number of aryl methyl sites for hydroxylation is 1. The summed E-state index contributed by atoms with van der Waals surface area (Å²) in [5, 5.41) is 0. The number of nitrogens with one attached hydrogen (secondary N) is 1. The number of aromatic amines is 1. The van der Waals surface area contributed by atoms with E-state index in [1.54, 1.807) is 12.3 Å². The molecular weight excluding hydrogens is 266 g/mol. The molecule has 0 aliphatic carbocycles. The van der Waals surface area contributed by atoms with Gasteiger partial charge in [0.15, 0.2) is 0 Å². The number of hydrogen-bond donors (Lipinski definition) is 1. The molecular formula is C13H12BrNO. The largest absolute Gasteiger partial charge is 0.359 e. The van der Waals surface area contributed by atoms with E-state index >= 15 is 0 Å². The summed E-state index contributed by atoms with van der Waals surface area (Å²) >= 11 is 3.42. The minimum absolute atomic E-state index is 0.0503. The SMILES string of the molecule is CCc1cc(Br)ccc1C(=O)c1ccc[nH]1. The molecule has 0 saturated heterocycles. The van der Waals surface area contributed by atoms with Gasteiger partial charge in [-0.05, 0) is 42.3 Å². The van der Waals surface area contributed by atoms with Gasteiger partial charge in [-0.2, -0.15) is 0 Å². The predicted octanol–water partition coefficient (Wildman–Crippen LogP) is 3.57. The van der Waals surface area contributed by atoms with Crippen LogP contribution in [0.4, 0.5) is 0 Å². The number of carbonyl (C=O) groups is 1. The molecule has 1 heterocycles. The van der Waals surface area contributed by atoms with E-state index in [-0.39, 0.29) is 5.78 Å². The highest BCUT2D eigenvalue weighted by Crippen LogP contribution is 2.19. The summed E-state index contributed by atoms with van der Waals surface area (Å²) < 4.78 is 1.01. The van der Waals surface area contributed by atoms with Gasteiger partial charge in [0.2, 0.25) is 5.78 Å². The highest BCUT2D eigenvalue weighted by atomic mass is 79.9. The standard InChI is InChI=1S/C13H12BrNO/c1-2-9-8-10(14)5-6-11(9)13(16)12-4-3-7-15-12/h3-8,15H,2H2,1H3. The van der Waals surface area contributed by atoms with Crippen molar-refractivity contribution in [2.75, 3.05) is 0 Å². The summed E-state index contributed by atoms with van der Waals surface area (Å²) in [6.07, 6.45) is 2.61. The summed E-state index contributed by atoms with van der Waals surface area (Å²) in [5.74, 6) is 0.0503. The lowest BCUT2D eigenvalue weighted by molar-refractivity contribution is 0.103. The van der Waals surface area contributed by atoms with E-state index in [0.29, 0.717) is 5.69 Å². The van der Waals surface area contributed by atoms with Crippen LogP contribution in [0.1, 0.15) is 28.5 Å². The van der Waals surface area contributed by atoms with Crippen LogP contribution in [0.2, 0.25) is 0 Å². The Morgan fingerprint density at radius 3 is 2.81 bits per heavy atom. The van der Waals surface area contributed by atoms with Crippen LogP contribution in [0.15, 0.2) is 41.0 Å². The first-order valence-electron chi connectivity index (χ1n) is 5.19. The minimum atomic E-state index is 0.0503. The van der Waals surface area contributed by atoms with Crippen LogP contribution in [0.25, 0.3) is 0 Å². The molecule has 1 N–H and O–H groups in total. The van der Waals surface area contributed by atoms with Gasteiger partial charge in [-0.3, -0.25) is 4.79 Å². The first kappa shape index (κ1) is 11.1. The second-order valence-corrected chi connectivity index (χ2v) is 4.48. The normalized spacial score (nSPS) is 10.4.